The van der Waals surface area contributed by atoms with Crippen LogP contribution < -0.4 is 5.32 Å². The number of rotatable bonds is 3. The molecule has 1 amide bonds. The molecule has 0 atom stereocenters. The lowest BCUT2D eigenvalue weighted by molar-refractivity contribution is 0.0302. The highest BCUT2D eigenvalue weighted by molar-refractivity contribution is 5.94. The van der Waals surface area contributed by atoms with E-state index in [2.05, 4.69) is 58.8 Å². The third-order valence-electron chi connectivity index (χ3n) is 5.43. The molecule has 1 fully saturated rings. The summed E-state index contributed by atoms with van der Waals surface area (Å²) in [6.45, 7) is 2.46. The molecule has 1 aliphatic heterocycles. The van der Waals surface area contributed by atoms with Crippen molar-refractivity contribution in [2.75, 3.05) is 31.6 Å². The summed E-state index contributed by atoms with van der Waals surface area (Å²) in [6.07, 6.45) is 1.66. The van der Waals surface area contributed by atoms with Crippen molar-refractivity contribution in [2.45, 2.75) is 6.04 Å². The van der Waals surface area contributed by atoms with Crippen molar-refractivity contribution in [1.29, 1.82) is 0 Å². The van der Waals surface area contributed by atoms with Crippen LogP contribution in [0, 0.1) is 0 Å². The van der Waals surface area contributed by atoms with E-state index in [1.54, 1.807) is 6.20 Å². The van der Waals surface area contributed by atoms with Gasteiger partial charge in [0.15, 0.2) is 0 Å². The zero-order chi connectivity index (χ0) is 18.9. The SMILES string of the molecule is O=C(c1ccc(NC2c3ccccc3-c3ccccc32)nc1)N1CCOCC1. The third-order valence-corrected chi connectivity index (χ3v) is 5.43. The lowest BCUT2D eigenvalue weighted by atomic mass is 10.1. The first kappa shape index (κ1) is 17.0. The van der Waals surface area contributed by atoms with Gasteiger partial charge >= 0.3 is 0 Å². The molecule has 1 aromatic heterocycles. The molecule has 0 bridgehead atoms. The number of nitrogens with zero attached hydrogens (tertiary/aromatic N) is 2. The number of anilines is 1. The fraction of sp³-hybridized carbons (Fsp3) is 0.217. The Morgan fingerprint density at radius 1 is 0.929 bits per heavy atom. The summed E-state index contributed by atoms with van der Waals surface area (Å²) in [7, 11) is 0. The quantitative estimate of drug-likeness (QED) is 0.762. The molecule has 1 saturated heterocycles. The molecule has 2 aromatic carbocycles. The molecule has 0 saturated carbocycles. The molecule has 2 aliphatic rings. The van der Waals surface area contributed by atoms with Gasteiger partial charge in [-0.05, 0) is 34.4 Å². The van der Waals surface area contributed by atoms with Gasteiger partial charge in [-0.25, -0.2) is 4.98 Å². The van der Waals surface area contributed by atoms with Crippen LogP contribution in [0.4, 0.5) is 5.82 Å². The van der Waals surface area contributed by atoms with Crippen LogP contribution in [0.25, 0.3) is 11.1 Å². The number of hydrogen-bond donors (Lipinski definition) is 1. The van der Waals surface area contributed by atoms with E-state index in [9.17, 15) is 4.79 Å². The third kappa shape index (κ3) is 2.94. The van der Waals surface area contributed by atoms with Gasteiger partial charge in [-0.15, -0.1) is 0 Å². The number of aromatic nitrogens is 1. The lowest BCUT2D eigenvalue weighted by Gasteiger charge is -2.26. The molecule has 1 N–H and O–H groups in total. The normalized spacial score (nSPS) is 15.8. The Bertz CT molecular complexity index is 965. The van der Waals surface area contributed by atoms with Crippen LogP contribution in [0.5, 0.6) is 0 Å². The average molecular weight is 371 g/mol. The molecule has 0 radical (unpaired) electrons. The molecule has 3 aromatic rings. The molecule has 1 aliphatic carbocycles. The number of morpholine rings is 1. The number of carbonyl (C=O) groups excluding carboxylic acids is 1. The fourth-order valence-electron chi connectivity index (χ4n) is 4.01. The maximum atomic E-state index is 12.6. The van der Waals surface area contributed by atoms with Crippen LogP contribution in [-0.4, -0.2) is 42.1 Å². The standard InChI is InChI=1S/C23H21N3O2/c27-23(26-11-13-28-14-12-26)16-9-10-21(24-15-16)25-22-19-7-3-1-5-17(19)18-6-2-4-8-20(18)22/h1-10,15,22H,11-14H2,(H,24,25). The van der Waals surface area contributed by atoms with E-state index < -0.39 is 0 Å². The summed E-state index contributed by atoms with van der Waals surface area (Å²) >= 11 is 0. The number of ether oxygens (including phenoxy) is 1. The molecule has 2 heterocycles. The van der Waals surface area contributed by atoms with Crippen LogP contribution in [0.15, 0.2) is 66.9 Å². The number of carbonyl (C=O) groups is 1. The summed E-state index contributed by atoms with van der Waals surface area (Å²) in [5, 5.41) is 3.54. The minimum Gasteiger partial charge on any atom is -0.378 e. The van der Waals surface area contributed by atoms with E-state index >= 15 is 0 Å². The number of nitrogens with one attached hydrogen (secondary N) is 1. The van der Waals surface area contributed by atoms with Crippen molar-refractivity contribution in [2.24, 2.45) is 0 Å². The van der Waals surface area contributed by atoms with Gasteiger partial charge in [0.1, 0.15) is 5.82 Å². The van der Waals surface area contributed by atoms with E-state index in [1.165, 1.54) is 22.3 Å². The minimum absolute atomic E-state index is 0.0129. The second-order valence-corrected chi connectivity index (χ2v) is 7.09. The highest BCUT2D eigenvalue weighted by Gasteiger charge is 2.28. The van der Waals surface area contributed by atoms with Crippen molar-refractivity contribution < 1.29 is 9.53 Å². The van der Waals surface area contributed by atoms with E-state index in [0.29, 0.717) is 31.9 Å². The van der Waals surface area contributed by atoms with Crippen LogP contribution >= 0.6 is 0 Å². The predicted octanol–water partition coefficient (Wildman–Crippen LogP) is 3.74. The molecule has 0 spiro atoms. The summed E-state index contributed by atoms with van der Waals surface area (Å²) in [6, 6.07) is 20.7. The predicted molar refractivity (Wildman–Crippen MR) is 108 cm³/mol. The van der Waals surface area contributed by atoms with Gasteiger partial charge in [0, 0.05) is 19.3 Å². The maximum absolute atomic E-state index is 12.6. The number of amides is 1. The Morgan fingerprint density at radius 2 is 1.57 bits per heavy atom. The number of benzene rings is 2. The Morgan fingerprint density at radius 3 is 2.18 bits per heavy atom. The Balaban J connectivity index is 1.39. The monoisotopic (exact) mass is 371 g/mol. The van der Waals surface area contributed by atoms with Crippen LogP contribution in [-0.2, 0) is 4.74 Å². The second kappa shape index (κ2) is 7.09. The van der Waals surface area contributed by atoms with Gasteiger partial charge in [0.25, 0.3) is 5.91 Å². The molecule has 28 heavy (non-hydrogen) atoms. The molecular weight excluding hydrogens is 350 g/mol. The number of pyridine rings is 1. The first-order valence-electron chi connectivity index (χ1n) is 9.59. The summed E-state index contributed by atoms with van der Waals surface area (Å²) < 4.78 is 5.32. The fourth-order valence-corrected chi connectivity index (χ4v) is 4.01. The summed E-state index contributed by atoms with van der Waals surface area (Å²) in [4.78, 5) is 18.9. The number of fused-ring (bicyclic) bond motifs is 3. The van der Waals surface area contributed by atoms with E-state index in [-0.39, 0.29) is 11.9 Å². The van der Waals surface area contributed by atoms with Crippen molar-refractivity contribution >= 4 is 11.7 Å². The van der Waals surface area contributed by atoms with Gasteiger partial charge in [0.2, 0.25) is 0 Å². The average Bonchev–Trinajstić information content (AvgIpc) is 3.08. The van der Waals surface area contributed by atoms with Crippen molar-refractivity contribution in [3.8, 4) is 11.1 Å². The zero-order valence-electron chi connectivity index (χ0n) is 15.5. The number of hydrogen-bond acceptors (Lipinski definition) is 4. The molecule has 0 unspecified atom stereocenters. The Hall–Kier alpha value is -3.18. The van der Waals surface area contributed by atoms with Crippen LogP contribution in [0.2, 0.25) is 0 Å². The molecule has 5 heteroatoms. The smallest absolute Gasteiger partial charge is 0.255 e. The Labute approximate surface area is 164 Å². The van der Waals surface area contributed by atoms with E-state index in [0.717, 1.165) is 5.82 Å². The van der Waals surface area contributed by atoms with Gasteiger partial charge < -0.3 is 15.0 Å². The van der Waals surface area contributed by atoms with Gasteiger partial charge in [-0.2, -0.15) is 0 Å². The Kier molecular flexibility index (Phi) is 4.29. The van der Waals surface area contributed by atoms with E-state index in [4.69, 9.17) is 4.74 Å². The molecular formula is C23H21N3O2. The lowest BCUT2D eigenvalue weighted by Crippen LogP contribution is -2.40. The highest BCUT2D eigenvalue weighted by atomic mass is 16.5. The van der Waals surface area contributed by atoms with Crippen molar-refractivity contribution in [1.82, 2.24) is 9.88 Å². The van der Waals surface area contributed by atoms with Crippen molar-refractivity contribution in [3.63, 3.8) is 0 Å². The van der Waals surface area contributed by atoms with Gasteiger partial charge in [-0.1, -0.05) is 48.5 Å². The molecule has 5 nitrogen and oxygen atoms in total. The van der Waals surface area contributed by atoms with Crippen molar-refractivity contribution in [3.05, 3.63) is 83.6 Å². The van der Waals surface area contributed by atoms with E-state index in [1.807, 2.05) is 17.0 Å². The summed E-state index contributed by atoms with van der Waals surface area (Å²) in [5.74, 6) is 0.772. The second-order valence-electron chi connectivity index (χ2n) is 7.09. The first-order valence-corrected chi connectivity index (χ1v) is 9.59. The van der Waals surface area contributed by atoms with Gasteiger partial charge in [-0.3, -0.25) is 4.79 Å². The molecule has 5 rings (SSSR count). The topological polar surface area (TPSA) is 54.5 Å². The first-order chi connectivity index (χ1) is 13.8. The van der Waals surface area contributed by atoms with Crippen LogP contribution in [0.1, 0.15) is 27.5 Å². The van der Waals surface area contributed by atoms with Crippen LogP contribution in [0.3, 0.4) is 0 Å². The molecule has 140 valence electrons. The minimum atomic E-state index is 0.0129. The highest BCUT2D eigenvalue weighted by Crippen LogP contribution is 2.44. The summed E-state index contributed by atoms with van der Waals surface area (Å²) in [5.41, 5.74) is 5.63. The van der Waals surface area contributed by atoms with Gasteiger partial charge in [0.05, 0.1) is 24.8 Å². The maximum Gasteiger partial charge on any atom is 0.255 e. The largest absolute Gasteiger partial charge is 0.378 e. The zero-order valence-corrected chi connectivity index (χ0v) is 15.5.